The molecular weight excluding hydrogens is 274 g/mol. The molecule has 2 aromatic rings. The van der Waals surface area contributed by atoms with Crippen LogP contribution in [0.15, 0.2) is 35.7 Å². The van der Waals surface area contributed by atoms with Crippen molar-refractivity contribution < 1.29 is 0 Å². The average molecular weight is 290 g/mol. The van der Waals surface area contributed by atoms with E-state index in [9.17, 15) is 0 Å². The number of nitrogens with one attached hydrogen (secondary N) is 1. The van der Waals surface area contributed by atoms with Crippen LogP contribution >= 0.6 is 22.9 Å². The van der Waals surface area contributed by atoms with E-state index in [1.54, 1.807) is 0 Å². The molecule has 1 aromatic heterocycles. The Balaban J connectivity index is 1.87. The summed E-state index contributed by atoms with van der Waals surface area (Å²) in [6.45, 7) is 1.13. The Kier molecular flexibility index (Phi) is 2.91. The molecule has 1 aliphatic heterocycles. The molecule has 0 spiro atoms. The number of piperidine rings is 1. The first-order valence-electron chi connectivity index (χ1n) is 6.91. The van der Waals surface area contributed by atoms with Gasteiger partial charge >= 0.3 is 0 Å². The Labute approximate surface area is 122 Å². The Morgan fingerprint density at radius 1 is 1.21 bits per heavy atom. The Morgan fingerprint density at radius 2 is 2.16 bits per heavy atom. The highest BCUT2D eigenvalue weighted by atomic mass is 35.5. The lowest BCUT2D eigenvalue weighted by Gasteiger charge is -2.30. The Morgan fingerprint density at radius 3 is 3.00 bits per heavy atom. The molecular formula is C16H16ClNS. The third kappa shape index (κ3) is 1.85. The molecule has 1 aliphatic carbocycles. The van der Waals surface area contributed by atoms with E-state index in [4.69, 9.17) is 11.6 Å². The first kappa shape index (κ1) is 12.0. The van der Waals surface area contributed by atoms with Crippen LogP contribution in [0.1, 0.15) is 40.8 Å². The summed E-state index contributed by atoms with van der Waals surface area (Å²) in [6, 6.07) is 11.4. The van der Waals surface area contributed by atoms with Gasteiger partial charge in [-0.15, -0.1) is 11.3 Å². The van der Waals surface area contributed by atoms with Crippen LogP contribution in [0.3, 0.4) is 0 Å². The molecule has 0 radical (unpaired) electrons. The van der Waals surface area contributed by atoms with Crippen LogP contribution in [-0.4, -0.2) is 6.54 Å². The van der Waals surface area contributed by atoms with E-state index in [-0.39, 0.29) is 0 Å². The summed E-state index contributed by atoms with van der Waals surface area (Å²) in [7, 11) is 0. The van der Waals surface area contributed by atoms with Gasteiger partial charge in [0.2, 0.25) is 0 Å². The first-order valence-corrected chi connectivity index (χ1v) is 8.16. The number of rotatable bonds is 1. The minimum Gasteiger partial charge on any atom is -0.310 e. The number of thiophene rings is 1. The summed E-state index contributed by atoms with van der Waals surface area (Å²) in [6.07, 6.45) is 2.59. The lowest BCUT2D eigenvalue weighted by molar-refractivity contribution is 0.288. The van der Waals surface area contributed by atoms with Gasteiger partial charge in [-0.3, -0.25) is 0 Å². The van der Waals surface area contributed by atoms with Gasteiger partial charge in [-0.25, -0.2) is 0 Å². The largest absolute Gasteiger partial charge is 0.310 e. The zero-order valence-electron chi connectivity index (χ0n) is 10.6. The molecule has 1 nitrogen and oxygen atoms in total. The van der Waals surface area contributed by atoms with Crippen LogP contribution in [0.25, 0.3) is 0 Å². The summed E-state index contributed by atoms with van der Waals surface area (Å²) >= 11 is 8.08. The van der Waals surface area contributed by atoms with Crippen LogP contribution in [0.4, 0.5) is 0 Å². The lowest BCUT2D eigenvalue weighted by Crippen LogP contribution is -2.32. The summed E-state index contributed by atoms with van der Waals surface area (Å²) in [4.78, 5) is 1.50. The quantitative estimate of drug-likeness (QED) is 0.810. The van der Waals surface area contributed by atoms with E-state index in [1.165, 1.54) is 28.8 Å². The summed E-state index contributed by atoms with van der Waals surface area (Å²) in [5.74, 6) is 1.26. The number of halogens is 1. The molecule has 1 aromatic carbocycles. The van der Waals surface area contributed by atoms with Gasteiger partial charge in [0.05, 0.1) is 0 Å². The van der Waals surface area contributed by atoms with Crippen LogP contribution in [0, 0.1) is 5.92 Å². The highest BCUT2D eigenvalue weighted by Gasteiger charge is 2.42. The van der Waals surface area contributed by atoms with E-state index in [2.05, 4.69) is 35.0 Å². The third-order valence-electron chi connectivity index (χ3n) is 4.50. The fourth-order valence-corrected chi connectivity index (χ4v) is 4.87. The Bertz CT molecular complexity index is 593. The summed E-state index contributed by atoms with van der Waals surface area (Å²) in [5.41, 5.74) is 2.91. The van der Waals surface area contributed by atoms with Gasteiger partial charge in [0.15, 0.2) is 0 Å². The molecule has 3 atom stereocenters. The average Bonchev–Trinajstić information content (AvgIpc) is 3.04. The second-order valence-corrected chi connectivity index (χ2v) is 6.92. The first-order chi connectivity index (χ1) is 9.34. The van der Waals surface area contributed by atoms with Gasteiger partial charge in [0.1, 0.15) is 0 Å². The molecule has 2 heterocycles. The van der Waals surface area contributed by atoms with Crippen LogP contribution < -0.4 is 5.32 Å². The van der Waals surface area contributed by atoms with Crippen molar-refractivity contribution in [2.45, 2.75) is 24.8 Å². The number of hydrogen-bond donors (Lipinski definition) is 1. The van der Waals surface area contributed by atoms with Crippen LogP contribution in [-0.2, 0) is 0 Å². The molecule has 98 valence electrons. The highest BCUT2D eigenvalue weighted by Crippen LogP contribution is 2.52. The molecule has 3 unspecified atom stereocenters. The normalized spacial score (nSPS) is 29.0. The fraction of sp³-hybridized carbons (Fsp3) is 0.375. The zero-order chi connectivity index (χ0) is 12.8. The molecule has 19 heavy (non-hydrogen) atoms. The second kappa shape index (κ2) is 4.62. The molecule has 0 bridgehead atoms. The third-order valence-corrected chi connectivity index (χ3v) is 5.69. The molecule has 2 aliphatic rings. The zero-order valence-corrected chi connectivity index (χ0v) is 12.2. The smallest absolute Gasteiger partial charge is 0.0409 e. The topological polar surface area (TPSA) is 12.0 Å². The van der Waals surface area contributed by atoms with Crippen LogP contribution in [0.2, 0.25) is 5.02 Å². The van der Waals surface area contributed by atoms with Gasteiger partial charge < -0.3 is 5.32 Å². The maximum atomic E-state index is 6.20. The van der Waals surface area contributed by atoms with Crippen molar-refractivity contribution in [2.24, 2.45) is 5.92 Å². The van der Waals surface area contributed by atoms with Crippen molar-refractivity contribution in [2.75, 3.05) is 6.54 Å². The van der Waals surface area contributed by atoms with E-state index in [0.717, 1.165) is 11.6 Å². The predicted molar refractivity (Wildman–Crippen MR) is 81.1 cm³/mol. The molecule has 4 rings (SSSR count). The lowest BCUT2D eigenvalue weighted by atomic mass is 9.84. The van der Waals surface area contributed by atoms with Crippen LogP contribution in [0.5, 0.6) is 0 Å². The standard InChI is InChI=1S/C16H16ClNS/c17-10-5-6-11-13(9-10)16-12(3-1-7-18-16)15(11)14-4-2-8-19-14/h2,4-6,8-9,12,15-16,18H,1,3,7H2. The molecule has 3 heteroatoms. The van der Waals surface area contributed by atoms with Gasteiger partial charge in [-0.05, 0) is 60.0 Å². The van der Waals surface area contributed by atoms with Gasteiger partial charge in [-0.1, -0.05) is 23.7 Å². The minimum absolute atomic E-state index is 0.495. The van der Waals surface area contributed by atoms with Gasteiger partial charge in [0, 0.05) is 21.9 Å². The molecule has 1 fully saturated rings. The van der Waals surface area contributed by atoms with Crippen molar-refractivity contribution in [3.63, 3.8) is 0 Å². The predicted octanol–water partition coefficient (Wildman–Crippen LogP) is 4.59. The Hall–Kier alpha value is -0.830. The monoisotopic (exact) mass is 289 g/mol. The summed E-state index contributed by atoms with van der Waals surface area (Å²) < 4.78 is 0. The van der Waals surface area contributed by atoms with Crippen molar-refractivity contribution in [1.29, 1.82) is 0 Å². The maximum Gasteiger partial charge on any atom is 0.0409 e. The molecule has 0 amide bonds. The molecule has 0 saturated carbocycles. The molecule has 1 N–H and O–H groups in total. The van der Waals surface area contributed by atoms with E-state index in [1.807, 2.05) is 17.4 Å². The van der Waals surface area contributed by atoms with E-state index >= 15 is 0 Å². The highest BCUT2D eigenvalue weighted by molar-refractivity contribution is 7.10. The molecule has 1 saturated heterocycles. The summed E-state index contributed by atoms with van der Waals surface area (Å²) in [5, 5.41) is 6.75. The van der Waals surface area contributed by atoms with Gasteiger partial charge in [-0.2, -0.15) is 0 Å². The fourth-order valence-electron chi connectivity index (χ4n) is 3.77. The van der Waals surface area contributed by atoms with Crippen molar-refractivity contribution in [3.05, 3.63) is 56.7 Å². The number of benzene rings is 1. The minimum atomic E-state index is 0.495. The number of hydrogen-bond acceptors (Lipinski definition) is 2. The SMILES string of the molecule is Clc1ccc2c(c1)C1NCCCC1C2c1cccs1. The maximum absolute atomic E-state index is 6.20. The van der Waals surface area contributed by atoms with Gasteiger partial charge in [0.25, 0.3) is 0 Å². The van der Waals surface area contributed by atoms with Crippen molar-refractivity contribution >= 4 is 22.9 Å². The van der Waals surface area contributed by atoms with E-state index in [0.29, 0.717) is 17.9 Å². The van der Waals surface area contributed by atoms with E-state index < -0.39 is 0 Å². The second-order valence-electron chi connectivity index (χ2n) is 5.50. The van der Waals surface area contributed by atoms with Crippen molar-refractivity contribution in [3.8, 4) is 0 Å². The number of fused-ring (bicyclic) bond motifs is 3. The van der Waals surface area contributed by atoms with Crippen molar-refractivity contribution in [1.82, 2.24) is 5.32 Å².